The van der Waals surface area contributed by atoms with Crippen LogP contribution in [0.3, 0.4) is 0 Å². The highest BCUT2D eigenvalue weighted by Gasteiger charge is 2.04. The van der Waals surface area contributed by atoms with Crippen molar-refractivity contribution >= 4 is 48.3 Å². The van der Waals surface area contributed by atoms with E-state index in [1.54, 1.807) is 18.4 Å². The molecule has 1 N–H and O–H groups in total. The van der Waals surface area contributed by atoms with Gasteiger partial charge >= 0.3 is 0 Å². The maximum atomic E-state index is 5.13. The number of ether oxygens (including phenoxy) is 1. The van der Waals surface area contributed by atoms with Gasteiger partial charge in [-0.15, -0.1) is 0 Å². The zero-order chi connectivity index (χ0) is 13.2. The van der Waals surface area contributed by atoms with E-state index in [1.807, 2.05) is 36.4 Å². The first-order chi connectivity index (χ1) is 9.24. The highest BCUT2D eigenvalue weighted by atomic mass is 79.9. The molecule has 5 heteroatoms. The summed E-state index contributed by atoms with van der Waals surface area (Å²) in [6, 6.07) is 13.9. The number of methoxy groups -OCH3 is 1. The van der Waals surface area contributed by atoms with Gasteiger partial charge in [-0.25, -0.2) is 4.98 Å². The Morgan fingerprint density at radius 3 is 2.68 bits per heavy atom. The lowest BCUT2D eigenvalue weighted by Gasteiger charge is -2.03. The Morgan fingerprint density at radius 2 is 1.95 bits per heavy atom. The van der Waals surface area contributed by atoms with Gasteiger partial charge in [0.2, 0.25) is 0 Å². The highest BCUT2D eigenvalue weighted by Crippen LogP contribution is 2.30. The first kappa shape index (κ1) is 12.4. The quantitative estimate of drug-likeness (QED) is 0.746. The van der Waals surface area contributed by atoms with Gasteiger partial charge in [0.25, 0.3) is 0 Å². The number of rotatable bonds is 3. The first-order valence-corrected chi connectivity index (χ1v) is 7.33. The summed E-state index contributed by atoms with van der Waals surface area (Å²) in [5.74, 6) is 0.846. The standard InChI is InChI=1S/C14H11BrN2OS/c1-18-11-5-3-10(4-6-11)16-14-17-12-7-2-9(15)8-13(12)19-14/h2-8H,1H3,(H,16,17). The van der Waals surface area contributed by atoms with E-state index in [4.69, 9.17) is 4.74 Å². The lowest BCUT2D eigenvalue weighted by molar-refractivity contribution is 0.415. The predicted octanol–water partition coefficient (Wildman–Crippen LogP) is 4.81. The maximum absolute atomic E-state index is 5.13. The number of hydrogen-bond acceptors (Lipinski definition) is 4. The molecule has 3 rings (SSSR count). The summed E-state index contributed by atoms with van der Waals surface area (Å²) >= 11 is 5.10. The summed E-state index contributed by atoms with van der Waals surface area (Å²) in [6.07, 6.45) is 0. The normalized spacial score (nSPS) is 10.6. The molecular formula is C14H11BrN2OS. The van der Waals surface area contributed by atoms with E-state index in [1.165, 1.54) is 0 Å². The molecule has 0 radical (unpaired) electrons. The van der Waals surface area contributed by atoms with Crippen LogP contribution in [0.5, 0.6) is 5.75 Å². The number of anilines is 2. The second-order valence-corrected chi connectivity index (χ2v) is 5.93. The molecule has 2 aromatic carbocycles. The maximum Gasteiger partial charge on any atom is 0.188 e. The zero-order valence-corrected chi connectivity index (χ0v) is 12.6. The molecule has 0 amide bonds. The molecule has 0 aliphatic rings. The summed E-state index contributed by atoms with van der Waals surface area (Å²) in [4.78, 5) is 4.55. The number of halogens is 1. The molecule has 1 heterocycles. The van der Waals surface area contributed by atoms with Crippen LogP contribution in [0.4, 0.5) is 10.8 Å². The third-order valence-corrected chi connectivity index (χ3v) is 4.12. The van der Waals surface area contributed by atoms with Crippen LogP contribution < -0.4 is 10.1 Å². The molecule has 0 aliphatic heterocycles. The molecule has 3 nitrogen and oxygen atoms in total. The fraction of sp³-hybridized carbons (Fsp3) is 0.0714. The van der Waals surface area contributed by atoms with Crippen LogP contribution in [0, 0.1) is 0 Å². The topological polar surface area (TPSA) is 34.1 Å². The van der Waals surface area contributed by atoms with E-state index in [0.717, 1.165) is 31.3 Å². The number of fused-ring (bicyclic) bond motifs is 1. The van der Waals surface area contributed by atoms with Gasteiger partial charge in [0.15, 0.2) is 5.13 Å². The van der Waals surface area contributed by atoms with Crippen molar-refractivity contribution in [2.24, 2.45) is 0 Å². The van der Waals surface area contributed by atoms with Gasteiger partial charge in [-0.3, -0.25) is 0 Å². The number of benzene rings is 2. The summed E-state index contributed by atoms with van der Waals surface area (Å²) < 4.78 is 7.36. The Balaban J connectivity index is 1.87. The van der Waals surface area contributed by atoms with E-state index in [9.17, 15) is 0 Å². The number of nitrogens with zero attached hydrogens (tertiary/aromatic N) is 1. The van der Waals surface area contributed by atoms with Gasteiger partial charge in [-0.2, -0.15) is 0 Å². The third-order valence-electron chi connectivity index (χ3n) is 2.69. The van der Waals surface area contributed by atoms with Gasteiger partial charge in [0.1, 0.15) is 5.75 Å². The Kier molecular flexibility index (Phi) is 3.40. The van der Waals surface area contributed by atoms with Crippen molar-refractivity contribution in [1.29, 1.82) is 0 Å². The summed E-state index contributed by atoms with van der Waals surface area (Å²) in [7, 11) is 1.66. The van der Waals surface area contributed by atoms with Crippen LogP contribution in [0.2, 0.25) is 0 Å². The minimum Gasteiger partial charge on any atom is -0.497 e. The van der Waals surface area contributed by atoms with Gasteiger partial charge in [0, 0.05) is 10.2 Å². The number of hydrogen-bond donors (Lipinski definition) is 1. The predicted molar refractivity (Wildman–Crippen MR) is 83.6 cm³/mol. The van der Waals surface area contributed by atoms with E-state index < -0.39 is 0 Å². The molecule has 96 valence electrons. The molecule has 0 saturated carbocycles. The Hall–Kier alpha value is -1.59. The zero-order valence-electron chi connectivity index (χ0n) is 10.2. The molecule has 0 fully saturated rings. The molecule has 0 bridgehead atoms. The van der Waals surface area contributed by atoms with Gasteiger partial charge in [-0.05, 0) is 42.5 Å². The molecule has 0 saturated heterocycles. The second-order valence-electron chi connectivity index (χ2n) is 3.98. The number of nitrogens with one attached hydrogen (secondary N) is 1. The number of aromatic nitrogens is 1. The van der Waals surface area contributed by atoms with Crippen molar-refractivity contribution in [2.45, 2.75) is 0 Å². The smallest absolute Gasteiger partial charge is 0.188 e. The van der Waals surface area contributed by atoms with Crippen molar-refractivity contribution in [3.63, 3.8) is 0 Å². The molecule has 3 aromatic rings. The SMILES string of the molecule is COc1ccc(Nc2nc3ccc(Br)cc3s2)cc1. The van der Waals surface area contributed by atoms with Crippen molar-refractivity contribution in [3.8, 4) is 5.75 Å². The van der Waals surface area contributed by atoms with Crippen molar-refractivity contribution in [3.05, 3.63) is 46.9 Å². The molecule has 1 aromatic heterocycles. The van der Waals surface area contributed by atoms with Gasteiger partial charge < -0.3 is 10.1 Å². The average molecular weight is 335 g/mol. The number of thiazole rings is 1. The summed E-state index contributed by atoms with van der Waals surface area (Å²) in [6.45, 7) is 0. The molecular weight excluding hydrogens is 324 g/mol. The van der Waals surface area contributed by atoms with Crippen LogP contribution >= 0.6 is 27.3 Å². The van der Waals surface area contributed by atoms with Crippen molar-refractivity contribution in [2.75, 3.05) is 12.4 Å². The average Bonchev–Trinajstić information content (AvgIpc) is 2.81. The van der Waals surface area contributed by atoms with Crippen molar-refractivity contribution < 1.29 is 4.74 Å². The lowest BCUT2D eigenvalue weighted by atomic mass is 10.3. The monoisotopic (exact) mass is 334 g/mol. The van der Waals surface area contributed by atoms with Crippen LogP contribution in [0.25, 0.3) is 10.2 Å². The van der Waals surface area contributed by atoms with Gasteiger partial charge in [-0.1, -0.05) is 27.3 Å². The summed E-state index contributed by atoms with van der Waals surface area (Å²) in [5.41, 5.74) is 2.00. The molecule has 19 heavy (non-hydrogen) atoms. The Morgan fingerprint density at radius 1 is 1.16 bits per heavy atom. The summed E-state index contributed by atoms with van der Waals surface area (Å²) in [5, 5.41) is 4.19. The molecule has 0 atom stereocenters. The van der Waals surface area contributed by atoms with Crippen molar-refractivity contribution in [1.82, 2.24) is 4.98 Å². The van der Waals surface area contributed by atoms with Crippen LogP contribution in [0.1, 0.15) is 0 Å². The van der Waals surface area contributed by atoms with E-state index in [0.29, 0.717) is 0 Å². The van der Waals surface area contributed by atoms with Gasteiger partial charge in [0.05, 0.1) is 17.3 Å². The minimum absolute atomic E-state index is 0.846. The van der Waals surface area contributed by atoms with E-state index in [2.05, 4.69) is 32.3 Å². The highest BCUT2D eigenvalue weighted by molar-refractivity contribution is 9.10. The van der Waals surface area contributed by atoms with Crippen LogP contribution in [0.15, 0.2) is 46.9 Å². The third kappa shape index (κ3) is 2.72. The fourth-order valence-corrected chi connectivity index (χ4v) is 3.19. The largest absolute Gasteiger partial charge is 0.497 e. The second kappa shape index (κ2) is 5.19. The van der Waals surface area contributed by atoms with E-state index in [-0.39, 0.29) is 0 Å². The first-order valence-electron chi connectivity index (χ1n) is 5.72. The molecule has 0 unspecified atom stereocenters. The van der Waals surface area contributed by atoms with Crippen LogP contribution in [-0.2, 0) is 0 Å². The van der Waals surface area contributed by atoms with Crippen LogP contribution in [-0.4, -0.2) is 12.1 Å². The van der Waals surface area contributed by atoms with E-state index >= 15 is 0 Å². The molecule has 0 spiro atoms. The minimum atomic E-state index is 0.846. The Labute approximate surface area is 123 Å². The Bertz CT molecular complexity index is 709. The lowest BCUT2D eigenvalue weighted by Crippen LogP contribution is -1.89. The molecule has 0 aliphatic carbocycles. The fourth-order valence-electron chi connectivity index (χ4n) is 1.75.